The summed E-state index contributed by atoms with van der Waals surface area (Å²) in [6.07, 6.45) is 7.29. The normalized spacial score (nSPS) is 15.5. The molecule has 3 N–H and O–H groups in total. The maximum atomic E-state index is 11.7. The van der Waals surface area contributed by atoms with Gasteiger partial charge in [-0.25, -0.2) is 4.79 Å². The second-order valence-electron chi connectivity index (χ2n) is 5.81. The topological polar surface area (TPSA) is 61.4 Å². The van der Waals surface area contributed by atoms with Crippen molar-refractivity contribution in [3.8, 4) is 0 Å². The van der Waals surface area contributed by atoms with E-state index in [1.165, 1.54) is 37.0 Å². The van der Waals surface area contributed by atoms with Gasteiger partial charge in [-0.15, -0.1) is 11.8 Å². The van der Waals surface area contributed by atoms with E-state index in [2.05, 4.69) is 22.8 Å². The molecule has 2 rings (SSSR count). The van der Waals surface area contributed by atoms with Crippen LogP contribution in [-0.4, -0.2) is 29.5 Å². The highest BCUT2D eigenvalue weighted by Gasteiger charge is 2.15. The zero-order chi connectivity index (χ0) is 15.8. The lowest BCUT2D eigenvalue weighted by Gasteiger charge is -2.21. The second-order valence-corrected chi connectivity index (χ2v) is 7.19. The predicted octanol–water partition coefficient (Wildman–Crippen LogP) is 3.92. The largest absolute Gasteiger partial charge is 0.396 e. The Bertz CT molecular complexity index is 488. The molecule has 0 aliphatic heterocycles. The van der Waals surface area contributed by atoms with E-state index in [1.54, 1.807) is 0 Å². The van der Waals surface area contributed by atoms with Gasteiger partial charge in [-0.3, -0.25) is 0 Å². The molecular weight excluding hydrogens is 296 g/mol. The average molecular weight is 322 g/mol. The Hall–Kier alpha value is -1.20. The molecule has 1 aliphatic carbocycles. The lowest BCUT2D eigenvalue weighted by Crippen LogP contribution is -2.30. The molecule has 5 heteroatoms. The summed E-state index contributed by atoms with van der Waals surface area (Å²) in [7, 11) is 0. The maximum absolute atomic E-state index is 11.7. The molecule has 0 aromatic heterocycles. The highest BCUT2D eigenvalue weighted by Crippen LogP contribution is 2.34. The summed E-state index contributed by atoms with van der Waals surface area (Å²) in [4.78, 5) is 13.0. The quantitative estimate of drug-likeness (QED) is 0.696. The van der Waals surface area contributed by atoms with Gasteiger partial charge in [0.25, 0.3) is 0 Å². The fourth-order valence-corrected chi connectivity index (χ4v) is 4.02. The Morgan fingerprint density at radius 3 is 2.77 bits per heavy atom. The van der Waals surface area contributed by atoms with Crippen LogP contribution in [0, 0.1) is 6.92 Å². The Labute approximate surface area is 137 Å². The van der Waals surface area contributed by atoms with Crippen LogP contribution in [0.1, 0.15) is 44.1 Å². The number of aliphatic hydroxyl groups excluding tert-OH is 1. The summed E-state index contributed by atoms with van der Waals surface area (Å²) in [5, 5.41) is 15.0. The number of amides is 2. The van der Waals surface area contributed by atoms with E-state index in [4.69, 9.17) is 5.11 Å². The van der Waals surface area contributed by atoms with Crippen LogP contribution in [0.25, 0.3) is 0 Å². The summed E-state index contributed by atoms with van der Waals surface area (Å²) >= 11 is 1.97. The SMILES string of the molecule is Cc1cc(SC2CCCCC2)ccc1NC(=O)NCCCO. The number of benzene rings is 1. The summed E-state index contributed by atoms with van der Waals surface area (Å²) in [5.74, 6) is 0. The van der Waals surface area contributed by atoms with E-state index < -0.39 is 0 Å². The number of carbonyl (C=O) groups is 1. The van der Waals surface area contributed by atoms with Crippen LogP contribution in [0.2, 0.25) is 0 Å². The van der Waals surface area contributed by atoms with Gasteiger partial charge < -0.3 is 15.7 Å². The van der Waals surface area contributed by atoms with Crippen molar-refractivity contribution >= 4 is 23.5 Å². The minimum atomic E-state index is -0.218. The number of rotatable bonds is 6. The predicted molar refractivity (Wildman–Crippen MR) is 92.6 cm³/mol. The molecule has 122 valence electrons. The van der Waals surface area contributed by atoms with Crippen LogP contribution in [0.15, 0.2) is 23.1 Å². The van der Waals surface area contributed by atoms with Crippen molar-refractivity contribution in [1.29, 1.82) is 0 Å². The first kappa shape index (κ1) is 17.2. The molecule has 1 saturated carbocycles. The first-order valence-electron chi connectivity index (χ1n) is 8.12. The van der Waals surface area contributed by atoms with Crippen LogP contribution >= 0.6 is 11.8 Å². The van der Waals surface area contributed by atoms with Gasteiger partial charge in [0.05, 0.1) is 0 Å². The minimum Gasteiger partial charge on any atom is -0.396 e. The van der Waals surface area contributed by atoms with Crippen LogP contribution < -0.4 is 10.6 Å². The Morgan fingerprint density at radius 1 is 1.32 bits per heavy atom. The van der Waals surface area contributed by atoms with Crippen LogP contribution in [-0.2, 0) is 0 Å². The third kappa shape index (κ3) is 5.54. The Morgan fingerprint density at radius 2 is 2.09 bits per heavy atom. The molecule has 0 bridgehead atoms. The number of nitrogens with one attached hydrogen (secondary N) is 2. The molecule has 0 saturated heterocycles. The van der Waals surface area contributed by atoms with Gasteiger partial charge in [-0.05, 0) is 49.9 Å². The van der Waals surface area contributed by atoms with Gasteiger partial charge in [0.2, 0.25) is 0 Å². The highest BCUT2D eigenvalue weighted by molar-refractivity contribution is 8.00. The lowest BCUT2D eigenvalue weighted by molar-refractivity contribution is 0.249. The molecule has 2 amide bonds. The van der Waals surface area contributed by atoms with Crippen molar-refractivity contribution in [3.05, 3.63) is 23.8 Å². The molecule has 22 heavy (non-hydrogen) atoms. The average Bonchev–Trinajstić information content (AvgIpc) is 2.51. The van der Waals surface area contributed by atoms with Crippen molar-refractivity contribution in [2.75, 3.05) is 18.5 Å². The number of hydrogen-bond donors (Lipinski definition) is 3. The number of aryl methyl sites for hydroxylation is 1. The number of carbonyl (C=O) groups excluding carboxylic acids is 1. The van der Waals surface area contributed by atoms with E-state index in [1.807, 2.05) is 24.8 Å². The van der Waals surface area contributed by atoms with Crippen molar-refractivity contribution in [2.45, 2.75) is 55.6 Å². The van der Waals surface area contributed by atoms with E-state index in [0.717, 1.165) is 16.5 Å². The summed E-state index contributed by atoms with van der Waals surface area (Å²) in [5.41, 5.74) is 1.92. The van der Waals surface area contributed by atoms with E-state index in [-0.39, 0.29) is 12.6 Å². The van der Waals surface area contributed by atoms with Crippen LogP contribution in [0.5, 0.6) is 0 Å². The number of aliphatic hydroxyl groups is 1. The first-order valence-corrected chi connectivity index (χ1v) is 9.00. The molecule has 0 radical (unpaired) electrons. The van der Waals surface area contributed by atoms with Crippen LogP contribution in [0.4, 0.5) is 10.5 Å². The molecular formula is C17H26N2O2S. The fraction of sp³-hybridized carbons (Fsp3) is 0.588. The van der Waals surface area contributed by atoms with Gasteiger partial charge >= 0.3 is 6.03 Å². The summed E-state index contributed by atoms with van der Waals surface area (Å²) in [6.45, 7) is 2.59. The standard InChI is InChI=1S/C17H26N2O2S/c1-13-12-15(22-14-6-3-2-4-7-14)8-9-16(13)19-17(21)18-10-5-11-20/h8-9,12,14,20H,2-7,10-11H2,1H3,(H2,18,19,21). The molecule has 0 heterocycles. The number of hydrogen-bond acceptors (Lipinski definition) is 3. The van der Waals surface area contributed by atoms with Crippen molar-refractivity contribution in [2.24, 2.45) is 0 Å². The van der Waals surface area contributed by atoms with E-state index >= 15 is 0 Å². The van der Waals surface area contributed by atoms with Crippen molar-refractivity contribution in [1.82, 2.24) is 5.32 Å². The second kappa shape index (κ2) is 9.06. The summed E-state index contributed by atoms with van der Waals surface area (Å²) in [6, 6.07) is 6.01. The van der Waals surface area contributed by atoms with Crippen molar-refractivity contribution < 1.29 is 9.90 Å². The zero-order valence-corrected chi connectivity index (χ0v) is 14.0. The van der Waals surface area contributed by atoms with E-state index in [9.17, 15) is 4.79 Å². The smallest absolute Gasteiger partial charge is 0.319 e. The molecule has 1 aromatic carbocycles. The minimum absolute atomic E-state index is 0.0897. The fourth-order valence-electron chi connectivity index (χ4n) is 2.67. The molecule has 0 atom stereocenters. The number of urea groups is 1. The van der Waals surface area contributed by atoms with Gasteiger partial charge in [0, 0.05) is 29.0 Å². The first-order chi connectivity index (χ1) is 10.7. The van der Waals surface area contributed by atoms with Gasteiger partial charge in [0.15, 0.2) is 0 Å². The van der Waals surface area contributed by atoms with Gasteiger partial charge in [0.1, 0.15) is 0 Å². The highest BCUT2D eigenvalue weighted by atomic mass is 32.2. The van der Waals surface area contributed by atoms with Crippen molar-refractivity contribution in [3.63, 3.8) is 0 Å². The summed E-state index contributed by atoms with van der Waals surface area (Å²) < 4.78 is 0. The molecule has 1 fully saturated rings. The Balaban J connectivity index is 1.87. The number of thioether (sulfide) groups is 1. The molecule has 0 unspecified atom stereocenters. The molecule has 1 aromatic rings. The third-order valence-electron chi connectivity index (χ3n) is 3.92. The monoisotopic (exact) mass is 322 g/mol. The van der Waals surface area contributed by atoms with Gasteiger partial charge in [-0.1, -0.05) is 19.3 Å². The van der Waals surface area contributed by atoms with Crippen LogP contribution in [0.3, 0.4) is 0 Å². The lowest BCUT2D eigenvalue weighted by atomic mass is 10.0. The zero-order valence-electron chi connectivity index (χ0n) is 13.2. The van der Waals surface area contributed by atoms with E-state index in [0.29, 0.717) is 13.0 Å². The molecule has 1 aliphatic rings. The third-order valence-corrected chi connectivity index (χ3v) is 5.25. The Kier molecular flexibility index (Phi) is 7.06. The molecule has 0 spiro atoms. The number of anilines is 1. The molecule has 4 nitrogen and oxygen atoms in total. The maximum Gasteiger partial charge on any atom is 0.319 e. The van der Waals surface area contributed by atoms with Gasteiger partial charge in [-0.2, -0.15) is 0 Å².